The van der Waals surface area contributed by atoms with Crippen molar-refractivity contribution in [2.75, 3.05) is 45.8 Å². The van der Waals surface area contributed by atoms with Crippen LogP contribution >= 0.6 is 0 Å². The summed E-state index contributed by atoms with van der Waals surface area (Å²) in [6, 6.07) is 0. The highest BCUT2D eigenvalue weighted by Gasteiger charge is 2.32. The fraction of sp³-hybridized carbons (Fsp3) is 0.900. The van der Waals surface area contributed by atoms with E-state index in [0.717, 1.165) is 45.4 Å². The number of hydrogen-bond acceptors (Lipinski definition) is 3. The summed E-state index contributed by atoms with van der Waals surface area (Å²) in [6.45, 7) is 8.66. The molecule has 3 heterocycles. The topological polar surface area (TPSA) is 43.9 Å². The Balaban J connectivity index is 1.47. The quantitative estimate of drug-likeness (QED) is 0.786. The first kappa shape index (κ1) is 18.7. The number of nitrogens with zero attached hydrogens (tertiary/aromatic N) is 3. The first-order valence-corrected chi connectivity index (χ1v) is 10.4. The van der Waals surface area contributed by atoms with E-state index < -0.39 is 0 Å². The number of rotatable bonds is 3. The Morgan fingerprint density at radius 1 is 0.800 bits per heavy atom. The zero-order valence-electron chi connectivity index (χ0n) is 15.9. The van der Waals surface area contributed by atoms with E-state index in [1.54, 1.807) is 6.92 Å². The normalized spacial score (nSPS) is 27.2. The lowest BCUT2D eigenvalue weighted by Crippen LogP contribution is -2.48. The van der Waals surface area contributed by atoms with E-state index >= 15 is 0 Å². The van der Waals surface area contributed by atoms with E-state index in [9.17, 15) is 9.59 Å². The molecule has 0 N–H and O–H groups in total. The maximum atomic E-state index is 12.9. The van der Waals surface area contributed by atoms with Crippen molar-refractivity contribution in [2.24, 2.45) is 11.8 Å². The molecule has 0 aromatic heterocycles. The lowest BCUT2D eigenvalue weighted by molar-refractivity contribution is -0.141. The number of likely N-dealkylation sites (tertiary alicyclic amines) is 3. The molecule has 0 saturated carbocycles. The van der Waals surface area contributed by atoms with Gasteiger partial charge in [-0.25, -0.2) is 0 Å². The number of carbonyl (C=O) groups excluding carboxylic acids is 2. The maximum Gasteiger partial charge on any atom is 0.225 e. The number of amides is 2. The first-order valence-electron chi connectivity index (χ1n) is 10.4. The molecule has 1 atom stereocenters. The van der Waals surface area contributed by atoms with E-state index in [1.165, 1.54) is 51.7 Å². The predicted molar refractivity (Wildman–Crippen MR) is 99.2 cm³/mol. The second kappa shape index (κ2) is 9.02. The van der Waals surface area contributed by atoms with Crippen LogP contribution in [0, 0.1) is 11.8 Å². The minimum absolute atomic E-state index is 0.132. The highest BCUT2D eigenvalue weighted by Crippen LogP contribution is 2.25. The van der Waals surface area contributed by atoms with Gasteiger partial charge in [-0.2, -0.15) is 0 Å². The summed E-state index contributed by atoms with van der Waals surface area (Å²) < 4.78 is 0. The number of piperidine rings is 2. The Bertz CT molecular complexity index is 452. The van der Waals surface area contributed by atoms with Crippen LogP contribution in [0.5, 0.6) is 0 Å². The molecule has 3 fully saturated rings. The largest absolute Gasteiger partial charge is 0.343 e. The molecular formula is C20H35N3O2. The molecule has 3 saturated heterocycles. The molecule has 0 aromatic rings. The van der Waals surface area contributed by atoms with E-state index in [1.807, 2.05) is 4.90 Å². The molecule has 5 nitrogen and oxygen atoms in total. The van der Waals surface area contributed by atoms with Crippen molar-refractivity contribution in [2.45, 2.75) is 58.3 Å². The fourth-order valence-electron chi connectivity index (χ4n) is 4.80. The molecule has 142 valence electrons. The molecule has 1 unspecified atom stereocenters. The third-order valence-electron chi connectivity index (χ3n) is 6.34. The molecule has 25 heavy (non-hydrogen) atoms. The minimum atomic E-state index is 0.132. The van der Waals surface area contributed by atoms with Gasteiger partial charge in [-0.15, -0.1) is 0 Å². The molecule has 0 radical (unpaired) electrons. The Morgan fingerprint density at radius 3 is 2.12 bits per heavy atom. The first-order chi connectivity index (χ1) is 12.1. The van der Waals surface area contributed by atoms with Crippen LogP contribution in [0.25, 0.3) is 0 Å². The van der Waals surface area contributed by atoms with E-state index in [2.05, 4.69) is 9.80 Å². The van der Waals surface area contributed by atoms with Gasteiger partial charge < -0.3 is 14.7 Å². The second-order valence-corrected chi connectivity index (χ2v) is 8.29. The average molecular weight is 350 g/mol. The van der Waals surface area contributed by atoms with Crippen molar-refractivity contribution >= 4 is 11.8 Å². The van der Waals surface area contributed by atoms with Crippen molar-refractivity contribution < 1.29 is 9.59 Å². The lowest BCUT2D eigenvalue weighted by Gasteiger charge is -2.39. The molecule has 3 aliphatic heterocycles. The molecule has 0 aromatic carbocycles. The average Bonchev–Trinajstić information content (AvgIpc) is 2.90. The van der Waals surface area contributed by atoms with Crippen LogP contribution in [-0.2, 0) is 9.59 Å². The zero-order valence-corrected chi connectivity index (χ0v) is 15.9. The smallest absolute Gasteiger partial charge is 0.225 e. The van der Waals surface area contributed by atoms with Crippen molar-refractivity contribution in [3.63, 3.8) is 0 Å². The second-order valence-electron chi connectivity index (χ2n) is 8.29. The highest BCUT2D eigenvalue weighted by atomic mass is 16.2. The summed E-state index contributed by atoms with van der Waals surface area (Å²) in [7, 11) is 0. The van der Waals surface area contributed by atoms with Crippen molar-refractivity contribution in [3.05, 3.63) is 0 Å². The van der Waals surface area contributed by atoms with Crippen LogP contribution in [0.2, 0.25) is 0 Å². The van der Waals surface area contributed by atoms with Crippen LogP contribution in [-0.4, -0.2) is 72.3 Å². The molecular weight excluding hydrogens is 314 g/mol. The van der Waals surface area contributed by atoms with Gasteiger partial charge in [0.2, 0.25) is 11.8 Å². The van der Waals surface area contributed by atoms with Crippen LogP contribution in [0.15, 0.2) is 0 Å². The number of hydrogen-bond donors (Lipinski definition) is 0. The van der Waals surface area contributed by atoms with Gasteiger partial charge in [0.1, 0.15) is 0 Å². The van der Waals surface area contributed by atoms with E-state index in [4.69, 9.17) is 0 Å². The Hall–Kier alpha value is -1.10. The molecule has 0 bridgehead atoms. The summed E-state index contributed by atoms with van der Waals surface area (Å²) in [5, 5.41) is 0. The molecule has 0 aliphatic carbocycles. The Labute approximate surface area is 152 Å². The third-order valence-corrected chi connectivity index (χ3v) is 6.34. The van der Waals surface area contributed by atoms with Crippen LogP contribution < -0.4 is 0 Å². The third kappa shape index (κ3) is 5.19. The molecule has 3 rings (SSSR count). The van der Waals surface area contributed by atoms with Gasteiger partial charge in [-0.3, -0.25) is 9.59 Å². The fourth-order valence-corrected chi connectivity index (χ4v) is 4.80. The van der Waals surface area contributed by atoms with Crippen molar-refractivity contribution in [1.82, 2.24) is 14.7 Å². The van der Waals surface area contributed by atoms with Gasteiger partial charge >= 0.3 is 0 Å². The summed E-state index contributed by atoms with van der Waals surface area (Å²) in [6.07, 6.45) is 9.53. The predicted octanol–water partition coefficient (Wildman–Crippen LogP) is 2.36. The standard InChI is InChI=1S/C20H35N3O2/c1-17(24)22-13-8-19(9-14-22)20(25)23-12-6-7-18(16-23)15-21-10-4-2-3-5-11-21/h18-19H,2-16H2,1H3. The van der Waals surface area contributed by atoms with Gasteiger partial charge in [0.15, 0.2) is 0 Å². The van der Waals surface area contributed by atoms with E-state index in [0.29, 0.717) is 11.8 Å². The van der Waals surface area contributed by atoms with E-state index in [-0.39, 0.29) is 11.8 Å². The Kier molecular flexibility index (Phi) is 6.74. The minimum Gasteiger partial charge on any atom is -0.343 e. The van der Waals surface area contributed by atoms with Crippen LogP contribution in [0.3, 0.4) is 0 Å². The lowest BCUT2D eigenvalue weighted by atomic mass is 9.92. The Morgan fingerprint density at radius 2 is 1.48 bits per heavy atom. The molecule has 2 amide bonds. The SMILES string of the molecule is CC(=O)N1CCC(C(=O)N2CCCC(CN3CCCCCC3)C2)CC1. The summed E-state index contributed by atoms with van der Waals surface area (Å²) in [4.78, 5) is 31.0. The molecule has 3 aliphatic rings. The van der Waals surface area contributed by atoms with Gasteiger partial charge in [-0.1, -0.05) is 12.8 Å². The van der Waals surface area contributed by atoms with Crippen LogP contribution in [0.1, 0.15) is 58.3 Å². The summed E-state index contributed by atoms with van der Waals surface area (Å²) in [5.74, 6) is 1.27. The van der Waals surface area contributed by atoms with Crippen molar-refractivity contribution in [3.8, 4) is 0 Å². The summed E-state index contributed by atoms with van der Waals surface area (Å²) in [5.41, 5.74) is 0. The van der Waals surface area contributed by atoms with Gasteiger partial charge in [0.25, 0.3) is 0 Å². The van der Waals surface area contributed by atoms with Crippen LogP contribution in [0.4, 0.5) is 0 Å². The van der Waals surface area contributed by atoms with Gasteiger partial charge in [0.05, 0.1) is 0 Å². The van der Waals surface area contributed by atoms with Gasteiger partial charge in [-0.05, 0) is 57.5 Å². The van der Waals surface area contributed by atoms with Gasteiger partial charge in [0, 0.05) is 45.6 Å². The molecule has 5 heteroatoms. The molecule has 0 spiro atoms. The monoisotopic (exact) mass is 349 g/mol. The maximum absolute atomic E-state index is 12.9. The highest BCUT2D eigenvalue weighted by molar-refractivity contribution is 5.79. The number of carbonyl (C=O) groups is 2. The summed E-state index contributed by atoms with van der Waals surface area (Å²) >= 11 is 0. The van der Waals surface area contributed by atoms with Crippen molar-refractivity contribution in [1.29, 1.82) is 0 Å². The zero-order chi connectivity index (χ0) is 17.6.